The Morgan fingerprint density at radius 3 is 2.74 bits per heavy atom. The number of rotatable bonds is 4. The van der Waals surface area contributed by atoms with Crippen molar-refractivity contribution in [3.63, 3.8) is 0 Å². The highest BCUT2D eigenvalue weighted by molar-refractivity contribution is 5.95. The van der Waals surface area contributed by atoms with Gasteiger partial charge in [-0.2, -0.15) is 0 Å². The number of halogens is 1. The number of hydrogen-bond donors (Lipinski definition) is 2. The van der Waals surface area contributed by atoms with Crippen LogP contribution >= 0.6 is 12.4 Å². The number of nitrogens with one attached hydrogen (secondary N) is 2. The van der Waals surface area contributed by atoms with Gasteiger partial charge in [-0.15, -0.1) is 12.4 Å². The van der Waals surface area contributed by atoms with Crippen molar-refractivity contribution in [1.82, 2.24) is 10.6 Å². The topological polar surface area (TPSA) is 84.3 Å². The smallest absolute Gasteiger partial charge is 0.270 e. The van der Waals surface area contributed by atoms with E-state index in [0.29, 0.717) is 17.7 Å². The third-order valence-electron chi connectivity index (χ3n) is 4.33. The quantitative estimate of drug-likeness (QED) is 0.651. The van der Waals surface area contributed by atoms with Crippen molar-refractivity contribution in [2.75, 3.05) is 13.1 Å². The predicted molar refractivity (Wildman–Crippen MR) is 92.2 cm³/mol. The van der Waals surface area contributed by atoms with E-state index < -0.39 is 4.92 Å². The van der Waals surface area contributed by atoms with Gasteiger partial charge in [-0.05, 0) is 43.4 Å². The second kappa shape index (κ2) is 7.75. The lowest BCUT2D eigenvalue weighted by Crippen LogP contribution is -2.52. The standard InChI is InChI=1S/C16H23N3O3.ClH/c1-11-7-12(9-13(8-11)19(21)22)15(20)18-10-14-16(2,3)5-4-6-17-14;/h7-9,14,17H,4-6,10H2,1-3H3,(H,18,20);1H. The van der Waals surface area contributed by atoms with E-state index in [1.165, 1.54) is 12.1 Å². The summed E-state index contributed by atoms with van der Waals surface area (Å²) >= 11 is 0. The third kappa shape index (κ3) is 4.91. The number of non-ortho nitro benzene ring substituents is 1. The van der Waals surface area contributed by atoms with E-state index >= 15 is 0 Å². The van der Waals surface area contributed by atoms with Gasteiger partial charge in [-0.25, -0.2) is 0 Å². The molecule has 0 radical (unpaired) electrons. The number of hydrogen-bond acceptors (Lipinski definition) is 4. The summed E-state index contributed by atoms with van der Waals surface area (Å²) in [5.41, 5.74) is 1.11. The summed E-state index contributed by atoms with van der Waals surface area (Å²) in [5.74, 6) is -0.269. The number of carbonyl (C=O) groups excluding carboxylic acids is 1. The molecule has 1 aliphatic heterocycles. The van der Waals surface area contributed by atoms with Gasteiger partial charge in [-0.1, -0.05) is 13.8 Å². The average molecular weight is 342 g/mol. The van der Waals surface area contributed by atoms with Gasteiger partial charge in [0.15, 0.2) is 0 Å². The van der Waals surface area contributed by atoms with E-state index in [2.05, 4.69) is 24.5 Å². The molecule has 1 unspecified atom stereocenters. The summed E-state index contributed by atoms with van der Waals surface area (Å²) in [6, 6.07) is 4.66. The van der Waals surface area contributed by atoms with Gasteiger partial charge in [0, 0.05) is 30.3 Å². The molecule has 1 heterocycles. The van der Waals surface area contributed by atoms with Gasteiger partial charge in [0.05, 0.1) is 4.92 Å². The van der Waals surface area contributed by atoms with Crippen LogP contribution in [0.4, 0.5) is 5.69 Å². The Balaban J connectivity index is 0.00000264. The Labute approximate surface area is 142 Å². The van der Waals surface area contributed by atoms with Crippen LogP contribution in [0.1, 0.15) is 42.6 Å². The molecule has 7 heteroatoms. The van der Waals surface area contributed by atoms with E-state index in [1.54, 1.807) is 13.0 Å². The Bertz CT molecular complexity index is 590. The lowest BCUT2D eigenvalue weighted by Gasteiger charge is -2.39. The minimum atomic E-state index is -0.477. The first-order chi connectivity index (χ1) is 10.3. The van der Waals surface area contributed by atoms with E-state index in [4.69, 9.17) is 0 Å². The van der Waals surface area contributed by atoms with Crippen LogP contribution in [0.3, 0.4) is 0 Å². The Kier molecular flexibility index (Phi) is 6.53. The second-order valence-corrected chi connectivity index (χ2v) is 6.62. The fourth-order valence-electron chi connectivity index (χ4n) is 2.92. The maximum absolute atomic E-state index is 12.3. The van der Waals surface area contributed by atoms with E-state index in [-0.39, 0.29) is 35.5 Å². The normalized spacial score (nSPS) is 19.5. The molecule has 128 valence electrons. The van der Waals surface area contributed by atoms with Gasteiger partial charge >= 0.3 is 0 Å². The van der Waals surface area contributed by atoms with Crippen LogP contribution in [0.25, 0.3) is 0 Å². The van der Waals surface area contributed by atoms with Crippen molar-refractivity contribution < 1.29 is 9.72 Å². The zero-order valence-corrected chi connectivity index (χ0v) is 14.5. The molecular formula is C16H24ClN3O3. The van der Waals surface area contributed by atoms with E-state index in [9.17, 15) is 14.9 Å². The van der Waals surface area contributed by atoms with Gasteiger partial charge in [0.1, 0.15) is 0 Å². The summed E-state index contributed by atoms with van der Waals surface area (Å²) in [5, 5.41) is 17.2. The molecule has 1 fully saturated rings. The van der Waals surface area contributed by atoms with E-state index in [0.717, 1.165) is 19.4 Å². The first kappa shape index (κ1) is 19.4. The Hall–Kier alpha value is -1.66. The Morgan fingerprint density at radius 2 is 2.13 bits per heavy atom. The molecule has 0 bridgehead atoms. The highest BCUT2D eigenvalue weighted by Gasteiger charge is 2.32. The third-order valence-corrected chi connectivity index (χ3v) is 4.33. The van der Waals surface area contributed by atoms with Crippen molar-refractivity contribution >= 4 is 24.0 Å². The van der Waals surface area contributed by atoms with Crippen molar-refractivity contribution in [2.24, 2.45) is 5.41 Å². The minimum Gasteiger partial charge on any atom is -0.350 e. The summed E-state index contributed by atoms with van der Waals surface area (Å²) in [7, 11) is 0. The number of nitro groups is 1. The van der Waals surface area contributed by atoms with Gasteiger partial charge < -0.3 is 10.6 Å². The highest BCUT2D eigenvalue weighted by atomic mass is 35.5. The monoisotopic (exact) mass is 341 g/mol. The van der Waals surface area contributed by atoms with Crippen LogP contribution in [0, 0.1) is 22.5 Å². The molecule has 0 spiro atoms. The molecule has 0 aromatic heterocycles. The molecule has 2 rings (SSSR count). The lowest BCUT2D eigenvalue weighted by molar-refractivity contribution is -0.384. The average Bonchev–Trinajstić information content (AvgIpc) is 2.44. The van der Waals surface area contributed by atoms with Gasteiger partial charge in [0.25, 0.3) is 11.6 Å². The van der Waals surface area contributed by atoms with Crippen LogP contribution in [0.15, 0.2) is 18.2 Å². The predicted octanol–water partition coefficient (Wildman–Crippen LogP) is 2.83. The number of nitro benzene ring substituents is 1. The first-order valence-corrected chi connectivity index (χ1v) is 7.57. The lowest BCUT2D eigenvalue weighted by atomic mass is 9.77. The molecule has 1 saturated heterocycles. The molecule has 0 saturated carbocycles. The molecule has 1 aromatic rings. The SMILES string of the molecule is Cc1cc(C(=O)NCC2NCCCC2(C)C)cc([N+](=O)[O-])c1.Cl. The number of aryl methyl sites for hydroxylation is 1. The molecule has 0 aliphatic carbocycles. The molecule has 23 heavy (non-hydrogen) atoms. The number of benzene rings is 1. The molecular weight excluding hydrogens is 318 g/mol. The summed E-state index contributed by atoms with van der Waals surface area (Å²) in [4.78, 5) is 22.7. The fourth-order valence-corrected chi connectivity index (χ4v) is 2.92. The molecule has 6 nitrogen and oxygen atoms in total. The summed E-state index contributed by atoms with van der Waals surface area (Å²) < 4.78 is 0. The van der Waals surface area contributed by atoms with Crippen molar-refractivity contribution in [3.8, 4) is 0 Å². The molecule has 1 aromatic carbocycles. The van der Waals surface area contributed by atoms with Crippen molar-refractivity contribution in [1.29, 1.82) is 0 Å². The van der Waals surface area contributed by atoms with Gasteiger partial charge in [-0.3, -0.25) is 14.9 Å². The van der Waals surface area contributed by atoms with Crippen LogP contribution in [-0.2, 0) is 0 Å². The summed E-state index contributed by atoms with van der Waals surface area (Å²) in [6.07, 6.45) is 2.26. The first-order valence-electron chi connectivity index (χ1n) is 7.57. The maximum Gasteiger partial charge on any atom is 0.270 e. The number of piperidine rings is 1. The van der Waals surface area contributed by atoms with E-state index in [1.807, 2.05) is 0 Å². The molecule has 1 amide bonds. The largest absolute Gasteiger partial charge is 0.350 e. The summed E-state index contributed by atoms with van der Waals surface area (Å²) in [6.45, 7) is 7.60. The number of nitrogens with zero attached hydrogens (tertiary/aromatic N) is 1. The molecule has 2 N–H and O–H groups in total. The van der Waals surface area contributed by atoms with Crippen LogP contribution < -0.4 is 10.6 Å². The Morgan fingerprint density at radius 1 is 1.43 bits per heavy atom. The highest BCUT2D eigenvalue weighted by Crippen LogP contribution is 2.29. The zero-order valence-electron chi connectivity index (χ0n) is 13.7. The maximum atomic E-state index is 12.3. The van der Waals surface area contributed by atoms with Gasteiger partial charge in [0.2, 0.25) is 0 Å². The second-order valence-electron chi connectivity index (χ2n) is 6.62. The number of amides is 1. The number of carbonyl (C=O) groups is 1. The zero-order chi connectivity index (χ0) is 16.3. The molecule has 1 aliphatic rings. The molecule has 1 atom stereocenters. The van der Waals surface area contributed by atoms with Crippen LogP contribution in [0.5, 0.6) is 0 Å². The van der Waals surface area contributed by atoms with Crippen molar-refractivity contribution in [2.45, 2.75) is 39.7 Å². The van der Waals surface area contributed by atoms with Crippen LogP contribution in [-0.4, -0.2) is 30.0 Å². The minimum absolute atomic E-state index is 0. The fraction of sp³-hybridized carbons (Fsp3) is 0.562. The van der Waals surface area contributed by atoms with Crippen molar-refractivity contribution in [3.05, 3.63) is 39.4 Å². The van der Waals surface area contributed by atoms with Crippen LogP contribution in [0.2, 0.25) is 0 Å².